The van der Waals surface area contributed by atoms with Crippen LogP contribution < -0.4 is 10.1 Å². The van der Waals surface area contributed by atoms with Crippen LogP contribution in [0.15, 0.2) is 47.5 Å². The van der Waals surface area contributed by atoms with Gasteiger partial charge >= 0.3 is 0 Å². The molecule has 0 atom stereocenters. The fraction of sp³-hybridized carbons (Fsp3) is 0.267. The average Bonchev–Trinajstić information content (AvgIpc) is 2.46. The largest absolute Gasteiger partial charge is 0.489 e. The summed E-state index contributed by atoms with van der Waals surface area (Å²) in [5, 5.41) is 3.12. The van der Waals surface area contributed by atoms with E-state index in [9.17, 15) is 8.42 Å². The van der Waals surface area contributed by atoms with Gasteiger partial charge in [-0.15, -0.1) is 0 Å². The van der Waals surface area contributed by atoms with Crippen molar-refractivity contribution in [2.75, 3.05) is 18.1 Å². The van der Waals surface area contributed by atoms with Crippen LogP contribution in [0.5, 0.6) is 5.75 Å². The van der Waals surface area contributed by atoms with Crippen LogP contribution in [0.25, 0.3) is 0 Å². The van der Waals surface area contributed by atoms with E-state index in [0.717, 1.165) is 17.9 Å². The molecule has 2 aromatic rings. The molecular formula is C15H18N2O3S. The quantitative estimate of drug-likeness (QED) is 0.888. The molecule has 0 unspecified atom stereocenters. The number of sulfone groups is 1. The first-order valence-electron chi connectivity index (χ1n) is 6.61. The Balaban J connectivity index is 1.96. The van der Waals surface area contributed by atoms with Crippen LogP contribution in [0.2, 0.25) is 0 Å². The van der Waals surface area contributed by atoms with Gasteiger partial charge in [0, 0.05) is 24.6 Å². The summed E-state index contributed by atoms with van der Waals surface area (Å²) in [6, 6.07) is 10.2. The number of hydrogen-bond acceptors (Lipinski definition) is 5. The molecule has 5 nitrogen and oxygen atoms in total. The summed E-state index contributed by atoms with van der Waals surface area (Å²) in [6.07, 6.45) is 2.93. The van der Waals surface area contributed by atoms with Crippen LogP contribution in [0, 0.1) is 0 Å². The Morgan fingerprint density at radius 1 is 1.14 bits per heavy atom. The Bertz CT molecular complexity index is 680. The first-order valence-corrected chi connectivity index (χ1v) is 8.50. The third-order valence-electron chi connectivity index (χ3n) is 2.84. The number of rotatable bonds is 6. The highest BCUT2D eigenvalue weighted by Crippen LogP contribution is 2.17. The monoisotopic (exact) mass is 306 g/mol. The Hall–Kier alpha value is -2.08. The molecule has 1 aromatic carbocycles. The van der Waals surface area contributed by atoms with Crippen LogP contribution >= 0.6 is 0 Å². The number of anilines is 1. The number of ether oxygens (including phenoxy) is 1. The maximum absolute atomic E-state index is 11.4. The van der Waals surface area contributed by atoms with Crippen molar-refractivity contribution in [3.63, 3.8) is 0 Å². The van der Waals surface area contributed by atoms with Gasteiger partial charge in [-0.1, -0.05) is 6.07 Å². The molecule has 0 fully saturated rings. The molecule has 2 rings (SSSR count). The van der Waals surface area contributed by atoms with Crippen molar-refractivity contribution < 1.29 is 13.2 Å². The summed E-state index contributed by atoms with van der Waals surface area (Å²) in [5.41, 5.74) is 0.948. The van der Waals surface area contributed by atoms with Gasteiger partial charge < -0.3 is 10.1 Å². The number of nitrogens with one attached hydrogen (secondary N) is 1. The minimum atomic E-state index is -3.17. The molecule has 0 radical (unpaired) electrons. The lowest BCUT2D eigenvalue weighted by atomic mass is 10.3. The maximum Gasteiger partial charge on any atom is 0.175 e. The van der Waals surface area contributed by atoms with E-state index in [1.165, 1.54) is 18.4 Å². The van der Waals surface area contributed by atoms with E-state index in [2.05, 4.69) is 10.3 Å². The molecule has 6 heteroatoms. The maximum atomic E-state index is 11.4. The number of aromatic nitrogens is 1. The van der Waals surface area contributed by atoms with Gasteiger partial charge in [0.25, 0.3) is 0 Å². The molecule has 0 bridgehead atoms. The molecule has 21 heavy (non-hydrogen) atoms. The second-order valence-electron chi connectivity index (χ2n) is 4.61. The fourth-order valence-corrected chi connectivity index (χ4v) is 2.38. The Kier molecular flexibility index (Phi) is 4.80. The zero-order chi connectivity index (χ0) is 15.3. The molecular weight excluding hydrogens is 288 g/mol. The zero-order valence-electron chi connectivity index (χ0n) is 12.0. The standard InChI is InChI=1S/C15H18N2O3S/c1-3-16-15-9-4-12(10-17-15)11-20-13-5-7-14(8-6-13)21(2,18)19/h4-10H,3,11H2,1-2H3,(H,16,17). The molecule has 0 amide bonds. The van der Waals surface area contributed by atoms with Crippen molar-refractivity contribution >= 4 is 15.7 Å². The SMILES string of the molecule is CCNc1ccc(COc2ccc(S(C)(=O)=O)cc2)cn1. The van der Waals surface area contributed by atoms with Gasteiger partial charge in [-0.05, 0) is 37.3 Å². The van der Waals surface area contributed by atoms with E-state index in [-0.39, 0.29) is 4.90 Å². The van der Waals surface area contributed by atoms with Crippen LogP contribution in [0.4, 0.5) is 5.82 Å². The Morgan fingerprint density at radius 3 is 2.38 bits per heavy atom. The highest BCUT2D eigenvalue weighted by molar-refractivity contribution is 7.90. The van der Waals surface area contributed by atoms with Crippen molar-refractivity contribution in [3.05, 3.63) is 48.2 Å². The first-order chi connectivity index (χ1) is 9.99. The molecule has 0 saturated carbocycles. The summed E-state index contributed by atoms with van der Waals surface area (Å²) in [7, 11) is -3.17. The average molecular weight is 306 g/mol. The molecule has 1 aromatic heterocycles. The van der Waals surface area contributed by atoms with Gasteiger partial charge in [-0.3, -0.25) is 0 Å². The third kappa shape index (κ3) is 4.46. The molecule has 1 heterocycles. The summed E-state index contributed by atoms with van der Waals surface area (Å²) in [6.45, 7) is 3.23. The topological polar surface area (TPSA) is 68.3 Å². The number of benzene rings is 1. The predicted molar refractivity (Wildman–Crippen MR) is 82.3 cm³/mol. The molecule has 1 N–H and O–H groups in total. The highest BCUT2D eigenvalue weighted by atomic mass is 32.2. The van der Waals surface area contributed by atoms with E-state index >= 15 is 0 Å². The fourth-order valence-electron chi connectivity index (χ4n) is 1.75. The summed E-state index contributed by atoms with van der Waals surface area (Å²) in [5.74, 6) is 1.46. The van der Waals surface area contributed by atoms with Gasteiger partial charge in [0.15, 0.2) is 9.84 Å². The van der Waals surface area contributed by atoms with Crippen molar-refractivity contribution in [1.82, 2.24) is 4.98 Å². The molecule has 112 valence electrons. The third-order valence-corrected chi connectivity index (χ3v) is 3.97. The lowest BCUT2D eigenvalue weighted by Crippen LogP contribution is -2.01. The normalized spacial score (nSPS) is 11.1. The minimum absolute atomic E-state index is 0.284. The van der Waals surface area contributed by atoms with E-state index in [4.69, 9.17) is 4.74 Å². The van der Waals surface area contributed by atoms with Crippen LogP contribution in [0.1, 0.15) is 12.5 Å². The lowest BCUT2D eigenvalue weighted by Gasteiger charge is -2.08. The van der Waals surface area contributed by atoms with E-state index < -0.39 is 9.84 Å². The van der Waals surface area contributed by atoms with Gasteiger partial charge in [-0.25, -0.2) is 13.4 Å². The van der Waals surface area contributed by atoms with E-state index in [1.54, 1.807) is 18.3 Å². The Morgan fingerprint density at radius 2 is 1.86 bits per heavy atom. The van der Waals surface area contributed by atoms with Gasteiger partial charge in [0.1, 0.15) is 18.2 Å². The van der Waals surface area contributed by atoms with Crippen LogP contribution in [-0.2, 0) is 16.4 Å². The highest BCUT2D eigenvalue weighted by Gasteiger charge is 2.06. The summed E-state index contributed by atoms with van der Waals surface area (Å²) >= 11 is 0. The van der Waals surface area contributed by atoms with E-state index in [1.807, 2.05) is 19.1 Å². The second-order valence-corrected chi connectivity index (χ2v) is 6.63. The molecule has 0 aliphatic rings. The van der Waals surface area contributed by atoms with Crippen molar-refractivity contribution in [1.29, 1.82) is 0 Å². The second kappa shape index (κ2) is 6.58. The van der Waals surface area contributed by atoms with Gasteiger partial charge in [0.05, 0.1) is 4.90 Å². The number of nitrogens with zero attached hydrogens (tertiary/aromatic N) is 1. The summed E-state index contributed by atoms with van der Waals surface area (Å²) in [4.78, 5) is 4.54. The van der Waals surface area contributed by atoms with Crippen molar-refractivity contribution in [2.24, 2.45) is 0 Å². The zero-order valence-corrected chi connectivity index (χ0v) is 12.9. The van der Waals surface area contributed by atoms with Crippen LogP contribution in [0.3, 0.4) is 0 Å². The minimum Gasteiger partial charge on any atom is -0.489 e. The lowest BCUT2D eigenvalue weighted by molar-refractivity contribution is 0.305. The van der Waals surface area contributed by atoms with Gasteiger partial charge in [-0.2, -0.15) is 0 Å². The number of hydrogen-bond donors (Lipinski definition) is 1. The predicted octanol–water partition coefficient (Wildman–Crippen LogP) is 2.50. The smallest absolute Gasteiger partial charge is 0.175 e. The molecule has 0 saturated heterocycles. The van der Waals surface area contributed by atoms with Crippen LogP contribution in [-0.4, -0.2) is 26.2 Å². The van der Waals surface area contributed by atoms with Crippen molar-refractivity contribution in [2.45, 2.75) is 18.4 Å². The van der Waals surface area contributed by atoms with E-state index in [0.29, 0.717) is 12.4 Å². The first kappa shape index (κ1) is 15.3. The number of pyridine rings is 1. The molecule has 0 aliphatic heterocycles. The van der Waals surface area contributed by atoms with Crippen molar-refractivity contribution in [3.8, 4) is 5.75 Å². The molecule has 0 aliphatic carbocycles. The molecule has 0 spiro atoms. The summed E-state index contributed by atoms with van der Waals surface area (Å²) < 4.78 is 28.3. The van der Waals surface area contributed by atoms with Gasteiger partial charge in [0.2, 0.25) is 0 Å². The Labute approximate surface area is 124 Å².